The molecule has 3 aromatic carbocycles. The molecular weight excluding hydrogens is 410 g/mol. The molecule has 6 nitrogen and oxygen atoms in total. The van der Waals surface area contributed by atoms with Gasteiger partial charge in [0.25, 0.3) is 0 Å². The minimum absolute atomic E-state index is 0.234. The van der Waals surface area contributed by atoms with Crippen LogP contribution in [0.3, 0.4) is 0 Å². The summed E-state index contributed by atoms with van der Waals surface area (Å²) in [5.74, 6) is 1.88. The van der Waals surface area contributed by atoms with Gasteiger partial charge in [0.15, 0.2) is 0 Å². The van der Waals surface area contributed by atoms with Gasteiger partial charge in [-0.2, -0.15) is 4.99 Å². The second kappa shape index (κ2) is 7.78. The van der Waals surface area contributed by atoms with Crippen molar-refractivity contribution in [1.29, 1.82) is 0 Å². The summed E-state index contributed by atoms with van der Waals surface area (Å²) in [5, 5.41) is 2.76. The maximum Gasteiger partial charge on any atom is 0.220 e. The maximum atomic E-state index is 6.63. The Morgan fingerprint density at radius 3 is 2.45 bits per heavy atom. The van der Waals surface area contributed by atoms with Crippen LogP contribution in [0.5, 0.6) is 11.5 Å². The third kappa shape index (κ3) is 3.68. The monoisotopic (exact) mass is 433 g/mol. The number of nitrogens with two attached hydrogens (primary N) is 2. The van der Waals surface area contributed by atoms with Gasteiger partial charge < -0.3 is 16.2 Å². The average Bonchev–Trinajstić information content (AvgIpc) is 2.75. The van der Waals surface area contributed by atoms with Crippen LogP contribution in [0, 0.1) is 0 Å². The van der Waals surface area contributed by atoms with E-state index in [-0.39, 0.29) is 5.96 Å². The number of halogens is 1. The fourth-order valence-corrected chi connectivity index (χ4v) is 4.78. The summed E-state index contributed by atoms with van der Waals surface area (Å²) in [6.07, 6.45) is 5.06. The van der Waals surface area contributed by atoms with E-state index in [4.69, 9.17) is 32.8 Å². The Labute approximate surface area is 186 Å². The van der Waals surface area contributed by atoms with Gasteiger partial charge in [-0.1, -0.05) is 48.4 Å². The molecule has 1 aliphatic heterocycles. The Bertz CT molecular complexity index is 1200. The van der Waals surface area contributed by atoms with Crippen molar-refractivity contribution in [2.24, 2.45) is 21.5 Å². The highest BCUT2D eigenvalue weighted by Crippen LogP contribution is 2.41. The first-order chi connectivity index (χ1) is 15.0. The van der Waals surface area contributed by atoms with E-state index in [0.29, 0.717) is 16.7 Å². The van der Waals surface area contributed by atoms with Gasteiger partial charge in [0.1, 0.15) is 17.2 Å². The van der Waals surface area contributed by atoms with Gasteiger partial charge in [0, 0.05) is 5.69 Å². The number of fused-ring (bicyclic) bond motifs is 1. The third-order valence-electron chi connectivity index (χ3n) is 5.97. The highest BCUT2D eigenvalue weighted by Gasteiger charge is 2.42. The normalized spacial score (nSPS) is 18.0. The highest BCUT2D eigenvalue weighted by molar-refractivity contribution is 6.32. The Balaban J connectivity index is 1.46. The van der Waals surface area contributed by atoms with Crippen molar-refractivity contribution >= 4 is 40.0 Å². The van der Waals surface area contributed by atoms with Crippen LogP contribution in [0.2, 0.25) is 5.02 Å². The highest BCUT2D eigenvalue weighted by atomic mass is 35.5. The predicted molar refractivity (Wildman–Crippen MR) is 127 cm³/mol. The molecule has 158 valence electrons. The molecule has 0 aromatic heterocycles. The number of guanidine groups is 2. The molecule has 1 fully saturated rings. The van der Waals surface area contributed by atoms with Crippen LogP contribution >= 0.6 is 11.6 Å². The molecule has 1 aliphatic carbocycles. The summed E-state index contributed by atoms with van der Waals surface area (Å²) < 4.78 is 6.08. The molecule has 5 rings (SSSR count). The Hall–Kier alpha value is -3.25. The maximum absolute atomic E-state index is 6.63. The lowest BCUT2D eigenvalue weighted by Gasteiger charge is -2.45. The number of benzene rings is 3. The summed E-state index contributed by atoms with van der Waals surface area (Å²) >= 11 is 6.63. The summed E-state index contributed by atoms with van der Waals surface area (Å²) in [7, 11) is 0. The van der Waals surface area contributed by atoms with Gasteiger partial charge in [0.2, 0.25) is 11.9 Å². The van der Waals surface area contributed by atoms with Crippen LogP contribution in [-0.4, -0.2) is 17.6 Å². The van der Waals surface area contributed by atoms with E-state index < -0.39 is 5.66 Å². The molecule has 2 aliphatic rings. The van der Waals surface area contributed by atoms with Crippen LogP contribution in [0.25, 0.3) is 10.8 Å². The van der Waals surface area contributed by atoms with Gasteiger partial charge in [-0.15, -0.1) is 0 Å². The smallest absolute Gasteiger partial charge is 0.220 e. The fraction of sp³-hybridized carbons (Fsp3) is 0.250. The Morgan fingerprint density at radius 2 is 1.68 bits per heavy atom. The first-order valence-electron chi connectivity index (χ1n) is 10.5. The van der Waals surface area contributed by atoms with Gasteiger partial charge in [0.05, 0.1) is 5.02 Å². The first kappa shape index (κ1) is 19.7. The molecule has 0 radical (unpaired) electrons. The lowest BCUT2D eigenvalue weighted by Crippen LogP contribution is -2.58. The first-order valence-corrected chi connectivity index (χ1v) is 10.9. The molecule has 1 saturated carbocycles. The van der Waals surface area contributed by atoms with E-state index >= 15 is 0 Å². The molecule has 1 spiro atoms. The SMILES string of the molecule is NC1=NC2(CCCCC2)N(c2ccc(Oc3ccc4ccccc4c3)c(Cl)c2)C(N)=N1. The van der Waals surface area contributed by atoms with Crippen LogP contribution in [-0.2, 0) is 0 Å². The third-order valence-corrected chi connectivity index (χ3v) is 6.27. The van der Waals surface area contributed by atoms with Gasteiger partial charge in [-0.25, -0.2) is 4.99 Å². The van der Waals surface area contributed by atoms with Crippen molar-refractivity contribution in [3.05, 3.63) is 65.7 Å². The van der Waals surface area contributed by atoms with Crippen LogP contribution in [0.4, 0.5) is 5.69 Å². The van der Waals surface area contributed by atoms with Crippen molar-refractivity contribution in [1.82, 2.24) is 0 Å². The number of hydrogen-bond acceptors (Lipinski definition) is 6. The van der Waals surface area contributed by atoms with E-state index in [9.17, 15) is 0 Å². The summed E-state index contributed by atoms with van der Waals surface area (Å²) in [6, 6.07) is 19.8. The zero-order chi connectivity index (χ0) is 21.4. The zero-order valence-corrected chi connectivity index (χ0v) is 17.8. The predicted octanol–water partition coefficient (Wildman–Crippen LogP) is 5.40. The number of ether oxygens (including phenoxy) is 1. The fourth-order valence-electron chi connectivity index (χ4n) is 4.56. The van der Waals surface area contributed by atoms with Crippen molar-refractivity contribution in [2.45, 2.75) is 37.8 Å². The molecule has 0 amide bonds. The number of rotatable bonds is 3. The number of aliphatic imine (C=N–C) groups is 2. The molecule has 7 heteroatoms. The molecule has 0 atom stereocenters. The molecule has 0 saturated heterocycles. The quantitative estimate of drug-likeness (QED) is 0.579. The van der Waals surface area contributed by atoms with Gasteiger partial charge in [-0.05, 0) is 66.8 Å². The standard InChI is InChI=1S/C24H24ClN5O/c25-20-15-18(30-23(27)28-22(26)29-24(30)12-4-1-5-13-24)9-11-21(20)31-19-10-8-16-6-2-3-7-17(16)14-19/h2-3,6-11,14-15H,1,4-5,12-13H2,(H4,26,27,28,29). The van der Waals surface area contributed by atoms with Crippen molar-refractivity contribution in [3.63, 3.8) is 0 Å². The largest absolute Gasteiger partial charge is 0.456 e. The summed E-state index contributed by atoms with van der Waals surface area (Å²) in [4.78, 5) is 10.9. The molecule has 31 heavy (non-hydrogen) atoms. The summed E-state index contributed by atoms with van der Waals surface area (Å²) in [6.45, 7) is 0. The lowest BCUT2D eigenvalue weighted by atomic mass is 9.87. The number of anilines is 1. The van der Waals surface area contributed by atoms with Gasteiger partial charge >= 0.3 is 0 Å². The molecule has 0 bridgehead atoms. The molecule has 1 heterocycles. The zero-order valence-electron chi connectivity index (χ0n) is 17.1. The lowest BCUT2D eigenvalue weighted by molar-refractivity contribution is 0.305. The van der Waals surface area contributed by atoms with Crippen LogP contribution in [0.15, 0.2) is 70.6 Å². The average molecular weight is 434 g/mol. The van der Waals surface area contributed by atoms with E-state index in [1.54, 1.807) is 0 Å². The van der Waals surface area contributed by atoms with E-state index in [0.717, 1.165) is 47.9 Å². The summed E-state index contributed by atoms with van der Waals surface area (Å²) in [5.41, 5.74) is 12.6. The second-order valence-corrected chi connectivity index (χ2v) is 8.45. The minimum Gasteiger partial charge on any atom is -0.456 e. The molecule has 0 unspecified atom stereocenters. The Morgan fingerprint density at radius 1 is 0.903 bits per heavy atom. The molecule has 4 N–H and O–H groups in total. The van der Waals surface area contributed by atoms with Crippen molar-refractivity contribution in [3.8, 4) is 11.5 Å². The van der Waals surface area contributed by atoms with Crippen LogP contribution < -0.4 is 21.1 Å². The Kier molecular flexibility index (Phi) is 4.94. The molecule has 3 aromatic rings. The van der Waals surface area contributed by atoms with E-state index in [1.807, 2.05) is 53.4 Å². The topological polar surface area (TPSA) is 89.2 Å². The second-order valence-electron chi connectivity index (χ2n) is 8.04. The van der Waals surface area contributed by atoms with Crippen molar-refractivity contribution < 1.29 is 4.74 Å². The molecular formula is C24H24ClN5O. The van der Waals surface area contributed by atoms with Crippen LogP contribution in [0.1, 0.15) is 32.1 Å². The minimum atomic E-state index is -0.502. The van der Waals surface area contributed by atoms with E-state index in [1.165, 1.54) is 6.42 Å². The van der Waals surface area contributed by atoms with Gasteiger partial charge in [-0.3, -0.25) is 4.90 Å². The number of hydrogen-bond donors (Lipinski definition) is 2. The number of nitrogens with zero attached hydrogens (tertiary/aromatic N) is 3. The van der Waals surface area contributed by atoms with E-state index in [2.05, 4.69) is 17.1 Å². The van der Waals surface area contributed by atoms with Crippen molar-refractivity contribution in [2.75, 3.05) is 4.90 Å².